The summed E-state index contributed by atoms with van der Waals surface area (Å²) in [6, 6.07) is 0.389. The molecule has 0 saturated heterocycles. The van der Waals surface area contributed by atoms with E-state index < -0.39 is 69.7 Å². The van der Waals surface area contributed by atoms with E-state index in [1.807, 2.05) is 0 Å². The molecule has 14 heteroatoms. The van der Waals surface area contributed by atoms with Gasteiger partial charge in [-0.15, -0.1) is 0 Å². The van der Waals surface area contributed by atoms with Gasteiger partial charge in [0.25, 0.3) is 5.91 Å². The Kier molecular flexibility index (Phi) is 8.38. The molecule has 0 aliphatic heterocycles. The minimum atomic E-state index is -2.73. The molecular formula is C28H37N5O9. The number of ketones is 2. The number of benzene rings is 1. The molecule has 1 fully saturated rings. The summed E-state index contributed by atoms with van der Waals surface area (Å²) in [4.78, 5) is 55.1. The van der Waals surface area contributed by atoms with Gasteiger partial charge in [0, 0.05) is 44.9 Å². The van der Waals surface area contributed by atoms with Crippen molar-refractivity contribution >= 4 is 40.5 Å². The van der Waals surface area contributed by atoms with E-state index in [0.29, 0.717) is 24.4 Å². The summed E-state index contributed by atoms with van der Waals surface area (Å²) in [5.41, 5.74) is 2.39. The van der Waals surface area contributed by atoms with Crippen LogP contribution in [-0.4, -0.2) is 115 Å². The molecule has 0 aromatic heterocycles. The highest BCUT2D eigenvalue weighted by Crippen LogP contribution is 2.54. The van der Waals surface area contributed by atoms with Gasteiger partial charge < -0.3 is 46.4 Å². The van der Waals surface area contributed by atoms with Gasteiger partial charge in [-0.3, -0.25) is 24.1 Å². The lowest BCUT2D eigenvalue weighted by atomic mass is 9.57. The summed E-state index contributed by atoms with van der Waals surface area (Å²) in [5.74, 6) is -7.87. The van der Waals surface area contributed by atoms with E-state index >= 15 is 0 Å². The number of nitrogens with one attached hydrogen (secondary N) is 2. The fraction of sp³-hybridized carbons (Fsp3) is 0.500. The van der Waals surface area contributed by atoms with Crippen LogP contribution in [0.4, 0.5) is 11.4 Å². The molecule has 228 valence electrons. The number of primary amides is 1. The number of anilines is 2. The topological polar surface area (TPSA) is 215 Å². The Hall–Kier alpha value is -3.98. The van der Waals surface area contributed by atoms with Gasteiger partial charge in [0.2, 0.25) is 11.7 Å². The number of nitrogens with zero attached hydrogens (tertiary/aromatic N) is 2. The van der Waals surface area contributed by atoms with Crippen molar-refractivity contribution in [3.8, 4) is 5.75 Å². The number of phenols is 1. The molecule has 4 atom stereocenters. The Morgan fingerprint density at radius 1 is 1.17 bits per heavy atom. The molecule has 2 unspecified atom stereocenters. The minimum absolute atomic E-state index is 0.0175. The van der Waals surface area contributed by atoms with Crippen LogP contribution in [0, 0.1) is 11.8 Å². The Morgan fingerprint density at radius 2 is 1.83 bits per heavy atom. The van der Waals surface area contributed by atoms with Gasteiger partial charge in [-0.2, -0.15) is 0 Å². The van der Waals surface area contributed by atoms with Crippen LogP contribution in [0.15, 0.2) is 23.0 Å². The zero-order chi connectivity index (χ0) is 31.3. The van der Waals surface area contributed by atoms with Gasteiger partial charge in [0.1, 0.15) is 22.8 Å². The van der Waals surface area contributed by atoms with Crippen molar-refractivity contribution in [3.63, 3.8) is 0 Å². The smallest absolute Gasteiger partial charge is 0.255 e. The van der Waals surface area contributed by atoms with Gasteiger partial charge in [0.15, 0.2) is 11.4 Å². The van der Waals surface area contributed by atoms with E-state index in [9.17, 15) is 39.6 Å². The molecular weight excluding hydrogens is 550 g/mol. The highest BCUT2D eigenvalue weighted by molar-refractivity contribution is 6.24. The standard InChI is InChI=1S/C28H37N5O9/c1-32(2)16-10-15(31-17(34)11-30-6-7-42-5)22(35)19-13(16)8-12-9-14-21(33(3)4)24(37)20(27(29)40)26(39)28(14,41)25(38)18(12)23(19)36/h10,12,14,21,30,35-36,39,41H,6-9,11H2,1-5H3,(H2,29,40)(H,31,34)/t12?,14?,21-,28-/m0/s1. The molecule has 8 N–H and O–H groups in total. The predicted molar refractivity (Wildman–Crippen MR) is 152 cm³/mol. The van der Waals surface area contributed by atoms with Crippen molar-refractivity contribution in [2.75, 3.05) is 65.2 Å². The van der Waals surface area contributed by atoms with Crippen molar-refractivity contribution in [2.45, 2.75) is 24.5 Å². The van der Waals surface area contributed by atoms with Crippen LogP contribution in [0.1, 0.15) is 17.5 Å². The second-order valence-corrected chi connectivity index (χ2v) is 11.2. The number of hydrogen-bond donors (Lipinski definition) is 7. The summed E-state index contributed by atoms with van der Waals surface area (Å²) >= 11 is 0. The first kappa shape index (κ1) is 31.0. The number of methoxy groups -OCH3 is 1. The number of fused-ring (bicyclic) bond motifs is 3. The lowest BCUT2D eigenvalue weighted by molar-refractivity contribution is -0.153. The average Bonchev–Trinajstić information content (AvgIpc) is 2.89. The van der Waals surface area contributed by atoms with E-state index in [1.54, 1.807) is 39.2 Å². The molecule has 4 rings (SSSR count). The number of phenolic OH excluding ortho intramolecular Hbond substituents is 1. The maximum absolute atomic E-state index is 14.0. The summed E-state index contributed by atoms with van der Waals surface area (Å²) in [6.07, 6.45) is 0.105. The number of hydrogen-bond acceptors (Lipinski definition) is 12. The highest BCUT2D eigenvalue weighted by Gasteiger charge is 2.64. The van der Waals surface area contributed by atoms with E-state index in [0.717, 1.165) is 0 Å². The Labute approximate surface area is 242 Å². The van der Waals surface area contributed by atoms with Crippen molar-refractivity contribution < 1.29 is 44.3 Å². The molecule has 14 nitrogen and oxygen atoms in total. The first-order valence-electron chi connectivity index (χ1n) is 13.4. The van der Waals surface area contributed by atoms with E-state index in [4.69, 9.17) is 10.5 Å². The van der Waals surface area contributed by atoms with Crippen LogP contribution in [0.5, 0.6) is 5.75 Å². The zero-order valence-electron chi connectivity index (χ0n) is 24.1. The third-order valence-electron chi connectivity index (χ3n) is 8.22. The summed E-state index contributed by atoms with van der Waals surface area (Å²) in [6.45, 7) is 0.724. The zero-order valence-corrected chi connectivity index (χ0v) is 24.1. The van der Waals surface area contributed by atoms with Crippen LogP contribution in [0.3, 0.4) is 0 Å². The van der Waals surface area contributed by atoms with Gasteiger partial charge in [0.05, 0.1) is 30.4 Å². The largest absolute Gasteiger partial charge is 0.508 e. The number of aliphatic hydroxyl groups excluding tert-OH is 2. The third-order valence-corrected chi connectivity index (χ3v) is 8.22. The molecule has 3 aliphatic rings. The van der Waals surface area contributed by atoms with Crippen LogP contribution >= 0.6 is 0 Å². The van der Waals surface area contributed by atoms with E-state index in [1.165, 1.54) is 12.0 Å². The number of carbonyl (C=O) groups excluding carboxylic acids is 4. The Balaban J connectivity index is 1.86. The second kappa shape index (κ2) is 11.4. The molecule has 3 aliphatic carbocycles. The molecule has 0 heterocycles. The SMILES string of the molecule is COCCNCC(=O)Nc1cc(N(C)C)c2c(c1O)C(O)=C1C(=O)[C@]3(O)C(O)=C(C(N)=O)C(=O)[C@@H](N(C)C)C3CC1C2. The molecule has 1 saturated carbocycles. The number of nitrogens with two attached hydrogens (primary N) is 1. The fourth-order valence-electron chi connectivity index (χ4n) is 6.36. The fourth-order valence-corrected chi connectivity index (χ4v) is 6.36. The summed E-state index contributed by atoms with van der Waals surface area (Å²) in [7, 11) is 8.08. The number of amides is 2. The molecule has 1 aromatic carbocycles. The number of rotatable bonds is 9. The van der Waals surface area contributed by atoms with Gasteiger partial charge in [-0.25, -0.2) is 0 Å². The van der Waals surface area contributed by atoms with Gasteiger partial charge >= 0.3 is 0 Å². The van der Waals surface area contributed by atoms with E-state index in [-0.39, 0.29) is 36.2 Å². The van der Waals surface area contributed by atoms with Crippen molar-refractivity contribution in [1.29, 1.82) is 0 Å². The van der Waals surface area contributed by atoms with Crippen LogP contribution < -0.4 is 21.3 Å². The molecule has 0 spiro atoms. The number of aromatic hydroxyl groups is 1. The maximum atomic E-state index is 14.0. The average molecular weight is 588 g/mol. The molecule has 42 heavy (non-hydrogen) atoms. The van der Waals surface area contributed by atoms with Crippen molar-refractivity contribution in [3.05, 3.63) is 34.1 Å². The molecule has 0 bridgehead atoms. The summed E-state index contributed by atoms with van der Waals surface area (Å²) in [5, 5.41) is 51.0. The van der Waals surface area contributed by atoms with Crippen LogP contribution in [0.2, 0.25) is 0 Å². The quantitative estimate of drug-likeness (QED) is 0.107. The first-order chi connectivity index (χ1) is 19.7. The number of likely N-dealkylation sites (N-methyl/N-ethyl adjacent to an activating group) is 1. The predicted octanol–water partition coefficient (Wildman–Crippen LogP) is -0.795. The van der Waals surface area contributed by atoms with Crippen molar-refractivity contribution in [1.82, 2.24) is 10.2 Å². The van der Waals surface area contributed by atoms with E-state index in [2.05, 4.69) is 10.6 Å². The van der Waals surface area contributed by atoms with Crippen LogP contribution in [-0.2, 0) is 30.3 Å². The van der Waals surface area contributed by atoms with Gasteiger partial charge in [-0.05, 0) is 44.5 Å². The third kappa shape index (κ3) is 4.79. The van der Waals surface area contributed by atoms with Crippen molar-refractivity contribution in [2.24, 2.45) is 17.6 Å². The Morgan fingerprint density at radius 3 is 2.40 bits per heavy atom. The molecule has 2 amide bonds. The maximum Gasteiger partial charge on any atom is 0.255 e. The van der Waals surface area contributed by atoms with Crippen LogP contribution in [0.25, 0.3) is 5.76 Å². The highest BCUT2D eigenvalue weighted by atomic mass is 16.5. The number of Topliss-reactive ketones (excluding diaryl/α,β-unsaturated/α-hetero) is 2. The monoisotopic (exact) mass is 587 g/mol. The lowest BCUT2D eigenvalue weighted by Gasteiger charge is -2.50. The first-order valence-corrected chi connectivity index (χ1v) is 13.4. The second-order valence-electron chi connectivity index (χ2n) is 11.2. The molecule has 0 radical (unpaired) electrons. The minimum Gasteiger partial charge on any atom is -0.508 e. The lowest BCUT2D eigenvalue weighted by Crippen LogP contribution is -2.65. The summed E-state index contributed by atoms with van der Waals surface area (Å²) < 4.78 is 4.94. The number of carbonyl (C=O) groups is 4. The number of ether oxygens (including phenoxy) is 1. The normalized spacial score (nSPS) is 25.3. The Bertz CT molecular complexity index is 1420. The molecule has 1 aromatic rings. The number of aliphatic hydroxyl groups is 3. The van der Waals surface area contributed by atoms with Gasteiger partial charge in [-0.1, -0.05) is 0 Å².